The van der Waals surface area contributed by atoms with Crippen LogP contribution in [0.3, 0.4) is 0 Å². The normalized spacial score (nSPS) is 11.2. The summed E-state index contributed by atoms with van der Waals surface area (Å²) in [6.07, 6.45) is 5.11. The summed E-state index contributed by atoms with van der Waals surface area (Å²) < 4.78 is 0. The third-order valence-corrected chi connectivity index (χ3v) is 7.98. The smallest absolute Gasteiger partial charge is 0.255 e. The average Bonchev–Trinajstić information content (AvgIpc) is 3.75. The number of benzene rings is 2. The van der Waals surface area contributed by atoms with Crippen molar-refractivity contribution in [3.63, 3.8) is 0 Å². The molecule has 0 atom stereocenters. The van der Waals surface area contributed by atoms with Gasteiger partial charge in [0.05, 0.1) is 22.3 Å². The van der Waals surface area contributed by atoms with Crippen molar-refractivity contribution in [3.8, 4) is 33.1 Å². The van der Waals surface area contributed by atoms with E-state index < -0.39 is 0 Å². The topological polar surface area (TPSA) is 129 Å². The largest absolute Gasteiger partial charge is 0.321 e. The fraction of sp³-hybridized carbons (Fsp3) is 0.0323. The van der Waals surface area contributed by atoms with Gasteiger partial charge in [-0.15, -0.1) is 11.3 Å². The molecule has 2 aromatic carbocycles. The number of fused-ring (bicyclic) bond motifs is 2. The first-order valence-electron chi connectivity index (χ1n) is 12.8. The van der Waals surface area contributed by atoms with E-state index in [1.807, 2.05) is 60.7 Å². The fourth-order valence-electron chi connectivity index (χ4n) is 4.73. The summed E-state index contributed by atoms with van der Waals surface area (Å²) in [5.74, 6) is 0.413. The van der Waals surface area contributed by atoms with E-state index in [1.54, 1.807) is 37.6 Å². The molecule has 5 aromatic heterocycles. The molecule has 0 unspecified atom stereocenters. The minimum absolute atomic E-state index is 0.0346. The van der Waals surface area contributed by atoms with Crippen LogP contribution in [0.2, 0.25) is 0 Å². The third kappa shape index (κ3) is 4.56. The van der Waals surface area contributed by atoms with Crippen LogP contribution in [0.15, 0.2) is 91.4 Å². The van der Waals surface area contributed by atoms with E-state index in [9.17, 15) is 9.59 Å². The molecule has 41 heavy (non-hydrogen) atoms. The van der Waals surface area contributed by atoms with Crippen LogP contribution in [0.4, 0.5) is 5.69 Å². The number of rotatable bonds is 6. The number of ketones is 1. The zero-order valence-corrected chi connectivity index (χ0v) is 22.5. The number of amides is 1. The molecule has 7 aromatic rings. The Morgan fingerprint density at radius 1 is 0.927 bits per heavy atom. The molecule has 0 radical (unpaired) electrons. The number of anilines is 1. The fourth-order valence-corrected chi connectivity index (χ4v) is 5.65. The van der Waals surface area contributed by atoms with Crippen molar-refractivity contribution in [3.05, 3.63) is 102 Å². The van der Waals surface area contributed by atoms with Gasteiger partial charge in [-0.2, -0.15) is 5.10 Å². The number of hydrogen-bond acceptors (Lipinski definition) is 7. The van der Waals surface area contributed by atoms with Gasteiger partial charge in [-0.25, -0.2) is 9.97 Å². The van der Waals surface area contributed by atoms with Gasteiger partial charge in [0, 0.05) is 39.3 Å². The summed E-state index contributed by atoms with van der Waals surface area (Å²) in [6, 6.07) is 22.6. The van der Waals surface area contributed by atoms with Crippen molar-refractivity contribution in [1.29, 1.82) is 0 Å². The van der Waals surface area contributed by atoms with Gasteiger partial charge in [-0.1, -0.05) is 24.3 Å². The molecule has 0 saturated carbocycles. The van der Waals surface area contributed by atoms with E-state index in [0.29, 0.717) is 38.8 Å². The quantitative estimate of drug-likeness (QED) is 0.195. The summed E-state index contributed by atoms with van der Waals surface area (Å²) in [4.78, 5) is 43.1. The van der Waals surface area contributed by atoms with Crippen molar-refractivity contribution < 1.29 is 9.59 Å². The molecular weight excluding hydrogens is 534 g/mol. The monoisotopic (exact) mass is 555 g/mol. The number of Topliss-reactive ketones (excluding diaryl/α,β-unsaturated/α-hetero) is 1. The van der Waals surface area contributed by atoms with E-state index in [1.165, 1.54) is 11.3 Å². The minimum atomic E-state index is -0.199. The van der Waals surface area contributed by atoms with Crippen LogP contribution < -0.4 is 5.32 Å². The van der Waals surface area contributed by atoms with E-state index in [0.717, 1.165) is 32.5 Å². The molecule has 5 heterocycles. The molecule has 0 saturated heterocycles. The van der Waals surface area contributed by atoms with Gasteiger partial charge in [-0.05, 0) is 61.0 Å². The first-order valence-corrected chi connectivity index (χ1v) is 13.6. The second-order valence-electron chi connectivity index (χ2n) is 9.48. The molecule has 7 rings (SSSR count). The highest BCUT2D eigenvalue weighted by Crippen LogP contribution is 2.35. The Kier molecular flexibility index (Phi) is 5.94. The number of pyridine rings is 2. The molecule has 0 fully saturated rings. The molecular formula is C31H21N7O2S. The highest BCUT2D eigenvalue weighted by atomic mass is 32.1. The van der Waals surface area contributed by atoms with Crippen molar-refractivity contribution in [2.75, 3.05) is 5.32 Å². The number of nitrogens with one attached hydrogen (secondary N) is 3. The van der Waals surface area contributed by atoms with Crippen LogP contribution in [0, 0.1) is 0 Å². The van der Waals surface area contributed by atoms with Crippen LogP contribution in [0.5, 0.6) is 0 Å². The second kappa shape index (κ2) is 9.92. The number of carbonyl (C=O) groups excluding carboxylic acids is 2. The van der Waals surface area contributed by atoms with Gasteiger partial charge < -0.3 is 10.3 Å². The first kappa shape index (κ1) is 24.6. The van der Waals surface area contributed by atoms with Gasteiger partial charge in [0.2, 0.25) is 0 Å². The number of aromatic amines is 2. The lowest BCUT2D eigenvalue weighted by Gasteiger charge is -2.08. The minimum Gasteiger partial charge on any atom is -0.321 e. The Morgan fingerprint density at radius 3 is 2.63 bits per heavy atom. The number of aromatic nitrogens is 6. The molecule has 0 bridgehead atoms. The average molecular weight is 556 g/mol. The van der Waals surface area contributed by atoms with Crippen molar-refractivity contribution in [1.82, 2.24) is 30.1 Å². The van der Waals surface area contributed by atoms with Crippen LogP contribution in [0.25, 0.3) is 55.2 Å². The summed E-state index contributed by atoms with van der Waals surface area (Å²) in [5, 5.41) is 11.4. The molecule has 3 N–H and O–H groups in total. The number of H-pyrrole nitrogens is 2. The second-order valence-corrected chi connectivity index (χ2v) is 10.6. The Bertz CT molecular complexity index is 2090. The zero-order chi connectivity index (χ0) is 27.9. The van der Waals surface area contributed by atoms with Crippen molar-refractivity contribution in [2.45, 2.75) is 6.92 Å². The molecule has 9 nitrogen and oxygen atoms in total. The highest BCUT2D eigenvalue weighted by Gasteiger charge is 2.18. The standard InChI is InChI=1S/C31H21N7O2S/c1-17(39)25-9-10-26(41-25)22-11-12-33-29-27(22)35-30(36-29)28-23-14-19(7-8-24(23)37-38-28)20-13-21(16-32-15-20)34-31(40)18-5-3-2-4-6-18/h2-16H,1H3,(H,34,40)(H,37,38)(H,33,35,36). The third-order valence-electron chi connectivity index (χ3n) is 6.76. The Balaban J connectivity index is 1.24. The molecule has 198 valence electrons. The van der Waals surface area contributed by atoms with Gasteiger partial charge in [0.15, 0.2) is 17.3 Å². The maximum Gasteiger partial charge on any atom is 0.255 e. The first-order chi connectivity index (χ1) is 20.0. The van der Waals surface area contributed by atoms with Gasteiger partial charge in [0.1, 0.15) is 11.2 Å². The van der Waals surface area contributed by atoms with E-state index in [-0.39, 0.29) is 11.7 Å². The SMILES string of the molecule is CC(=O)c1ccc(-c2ccnc3[nH]c(-c4n[nH]c5ccc(-c6cncc(NC(=O)c7ccccc7)c6)cc45)nc23)s1. The Labute approximate surface area is 237 Å². The Hall–Kier alpha value is -5.48. The van der Waals surface area contributed by atoms with Gasteiger partial charge >= 0.3 is 0 Å². The van der Waals surface area contributed by atoms with E-state index >= 15 is 0 Å². The number of thiophene rings is 1. The predicted octanol–water partition coefficient (Wildman–Crippen LogP) is 6.75. The Morgan fingerprint density at radius 2 is 1.80 bits per heavy atom. The van der Waals surface area contributed by atoms with Gasteiger partial charge in [-0.3, -0.25) is 19.7 Å². The molecule has 10 heteroatoms. The summed E-state index contributed by atoms with van der Waals surface area (Å²) in [7, 11) is 0. The number of carbonyl (C=O) groups is 2. The zero-order valence-electron chi connectivity index (χ0n) is 21.7. The van der Waals surface area contributed by atoms with E-state index in [4.69, 9.17) is 4.98 Å². The number of imidazole rings is 1. The van der Waals surface area contributed by atoms with Crippen LogP contribution in [-0.2, 0) is 0 Å². The molecule has 1 amide bonds. The van der Waals surface area contributed by atoms with Crippen LogP contribution in [-0.4, -0.2) is 41.8 Å². The molecule has 0 spiro atoms. The predicted molar refractivity (Wildman–Crippen MR) is 160 cm³/mol. The number of hydrogen-bond donors (Lipinski definition) is 3. The summed E-state index contributed by atoms with van der Waals surface area (Å²) in [5.41, 5.74) is 6.67. The molecule has 0 aliphatic heterocycles. The van der Waals surface area contributed by atoms with Crippen molar-refractivity contribution >= 4 is 50.8 Å². The maximum atomic E-state index is 12.6. The maximum absolute atomic E-state index is 12.6. The molecule has 0 aliphatic carbocycles. The van der Waals surface area contributed by atoms with Crippen LogP contribution in [0.1, 0.15) is 27.0 Å². The lowest BCUT2D eigenvalue weighted by Crippen LogP contribution is -2.11. The lowest BCUT2D eigenvalue weighted by molar-refractivity contribution is 0.101. The van der Waals surface area contributed by atoms with Crippen LogP contribution >= 0.6 is 11.3 Å². The summed E-state index contributed by atoms with van der Waals surface area (Å²) in [6.45, 7) is 1.56. The molecule has 0 aliphatic rings. The summed E-state index contributed by atoms with van der Waals surface area (Å²) >= 11 is 1.44. The van der Waals surface area contributed by atoms with Crippen molar-refractivity contribution in [2.24, 2.45) is 0 Å². The lowest BCUT2D eigenvalue weighted by atomic mass is 10.0. The van der Waals surface area contributed by atoms with E-state index in [2.05, 4.69) is 30.5 Å². The van der Waals surface area contributed by atoms with Gasteiger partial charge in [0.25, 0.3) is 5.91 Å². The highest BCUT2D eigenvalue weighted by molar-refractivity contribution is 7.17. The number of nitrogens with zero attached hydrogens (tertiary/aromatic N) is 4.